The molecule has 1 atom stereocenters. The monoisotopic (exact) mass is 332 g/mol. The predicted molar refractivity (Wildman–Crippen MR) is 91.3 cm³/mol. The van der Waals surface area contributed by atoms with Gasteiger partial charge in [-0.15, -0.1) is 0 Å². The van der Waals surface area contributed by atoms with Crippen LogP contribution in [0.4, 0.5) is 0 Å². The molecule has 120 valence electrons. The second-order valence-electron chi connectivity index (χ2n) is 5.93. The van der Waals surface area contributed by atoms with Crippen LogP contribution in [-0.2, 0) is 0 Å². The second kappa shape index (κ2) is 8.35. The molecule has 2 N–H and O–H groups in total. The van der Waals surface area contributed by atoms with Gasteiger partial charge in [-0.2, -0.15) is 0 Å². The fourth-order valence-corrected chi connectivity index (χ4v) is 2.59. The zero-order valence-electron chi connectivity index (χ0n) is 13.3. The van der Waals surface area contributed by atoms with Crippen molar-refractivity contribution in [3.8, 4) is 0 Å². The van der Waals surface area contributed by atoms with Gasteiger partial charge in [-0.1, -0.05) is 42.3 Å². The van der Waals surface area contributed by atoms with Gasteiger partial charge in [0.05, 0.1) is 16.7 Å². The van der Waals surface area contributed by atoms with Crippen molar-refractivity contribution in [3.05, 3.63) is 33.8 Å². The number of hydrogen-bond donors (Lipinski definition) is 2. The molecule has 1 rings (SSSR count). The van der Waals surface area contributed by atoms with E-state index in [1.54, 1.807) is 6.07 Å². The van der Waals surface area contributed by atoms with Gasteiger partial charge in [0.1, 0.15) is 0 Å². The largest absolute Gasteiger partial charge is 0.394 e. The van der Waals surface area contributed by atoms with Crippen molar-refractivity contribution in [1.82, 2.24) is 10.2 Å². The Morgan fingerprint density at radius 1 is 1.33 bits per heavy atom. The fraction of sp³-hybridized carbons (Fsp3) is 0.625. The maximum Gasteiger partial charge on any atom is 0.0640 e. The van der Waals surface area contributed by atoms with E-state index < -0.39 is 0 Å². The summed E-state index contributed by atoms with van der Waals surface area (Å²) in [5, 5.41) is 14.1. The Hall–Kier alpha value is -0.320. The average Bonchev–Trinajstić information content (AvgIpc) is 2.46. The van der Waals surface area contributed by atoms with Crippen molar-refractivity contribution in [1.29, 1.82) is 0 Å². The molecule has 3 nitrogen and oxygen atoms in total. The molecule has 0 spiro atoms. The van der Waals surface area contributed by atoms with Gasteiger partial charge in [0.2, 0.25) is 0 Å². The summed E-state index contributed by atoms with van der Waals surface area (Å²) in [7, 11) is 2.03. The van der Waals surface area contributed by atoms with Gasteiger partial charge in [-0.05, 0) is 45.5 Å². The number of nitrogens with zero attached hydrogens (tertiary/aromatic N) is 1. The molecule has 1 unspecified atom stereocenters. The first kappa shape index (κ1) is 18.7. The van der Waals surface area contributed by atoms with Gasteiger partial charge in [-0.25, -0.2) is 0 Å². The zero-order chi connectivity index (χ0) is 16.0. The van der Waals surface area contributed by atoms with Crippen molar-refractivity contribution in [2.24, 2.45) is 0 Å². The molecule has 21 heavy (non-hydrogen) atoms. The molecule has 0 saturated carbocycles. The van der Waals surface area contributed by atoms with E-state index in [2.05, 4.69) is 17.1 Å². The van der Waals surface area contributed by atoms with E-state index in [0.717, 1.165) is 25.1 Å². The third-order valence-corrected chi connectivity index (χ3v) is 4.81. The van der Waals surface area contributed by atoms with Crippen LogP contribution in [0.25, 0.3) is 0 Å². The third-order valence-electron chi connectivity index (χ3n) is 3.98. The molecule has 0 aliphatic rings. The molecule has 0 aliphatic carbocycles. The number of halogens is 2. The number of aliphatic hydroxyl groups excluding tert-OH is 1. The van der Waals surface area contributed by atoms with E-state index >= 15 is 0 Å². The fourth-order valence-electron chi connectivity index (χ4n) is 2.15. The Bertz CT molecular complexity index is 452. The van der Waals surface area contributed by atoms with E-state index in [1.807, 2.05) is 33.0 Å². The number of aliphatic hydroxyl groups is 1. The molecule has 0 aliphatic heterocycles. The lowest BCUT2D eigenvalue weighted by molar-refractivity contribution is 0.0758. The van der Waals surface area contributed by atoms with Gasteiger partial charge in [0.15, 0.2) is 0 Å². The standard InChI is InChI=1S/C16H26Cl2N2O/c1-5-19-14(9-10-20(4)16(2,3)11-21)12-7-6-8-13(17)15(12)18/h6-8,14,19,21H,5,9-11H2,1-4H3. The molecule has 1 aromatic carbocycles. The van der Waals surface area contributed by atoms with Gasteiger partial charge >= 0.3 is 0 Å². The molecule has 0 fully saturated rings. The number of benzene rings is 1. The molecule has 0 saturated heterocycles. The van der Waals surface area contributed by atoms with Crippen molar-refractivity contribution < 1.29 is 5.11 Å². The lowest BCUT2D eigenvalue weighted by atomic mass is 10.0. The Kier molecular flexibility index (Phi) is 7.45. The molecular formula is C16H26Cl2N2O. The highest BCUT2D eigenvalue weighted by Crippen LogP contribution is 2.31. The average molecular weight is 333 g/mol. The van der Waals surface area contributed by atoms with Crippen LogP contribution in [0.1, 0.15) is 38.8 Å². The maximum absolute atomic E-state index is 9.43. The normalized spacial score (nSPS) is 13.7. The molecule has 0 amide bonds. The summed E-state index contributed by atoms with van der Waals surface area (Å²) in [5.41, 5.74) is 0.802. The van der Waals surface area contributed by atoms with Gasteiger partial charge < -0.3 is 10.4 Å². The quantitative estimate of drug-likeness (QED) is 0.761. The molecular weight excluding hydrogens is 307 g/mol. The molecule has 1 aromatic rings. The second-order valence-corrected chi connectivity index (χ2v) is 6.72. The highest BCUT2D eigenvalue weighted by Gasteiger charge is 2.24. The van der Waals surface area contributed by atoms with Crippen molar-refractivity contribution in [3.63, 3.8) is 0 Å². The van der Waals surface area contributed by atoms with Gasteiger partial charge in [-0.3, -0.25) is 4.90 Å². The summed E-state index contributed by atoms with van der Waals surface area (Å²) in [5.74, 6) is 0. The lowest BCUT2D eigenvalue weighted by Crippen LogP contribution is -2.45. The first-order valence-corrected chi connectivity index (χ1v) is 8.08. The maximum atomic E-state index is 9.43. The topological polar surface area (TPSA) is 35.5 Å². The Labute approximate surface area is 138 Å². The summed E-state index contributed by atoms with van der Waals surface area (Å²) >= 11 is 12.4. The highest BCUT2D eigenvalue weighted by molar-refractivity contribution is 6.42. The number of hydrogen-bond acceptors (Lipinski definition) is 3. The van der Waals surface area contributed by atoms with E-state index in [-0.39, 0.29) is 18.2 Å². The number of rotatable bonds is 8. The van der Waals surface area contributed by atoms with Crippen molar-refractivity contribution in [2.45, 2.75) is 38.8 Å². The minimum Gasteiger partial charge on any atom is -0.394 e. The van der Waals surface area contributed by atoms with Crippen molar-refractivity contribution >= 4 is 23.2 Å². The SMILES string of the molecule is CCNC(CCN(C)C(C)(C)CO)c1cccc(Cl)c1Cl. The van der Waals surface area contributed by atoms with Gasteiger partial charge in [0.25, 0.3) is 0 Å². The summed E-state index contributed by atoms with van der Waals surface area (Å²) in [4.78, 5) is 2.16. The first-order valence-electron chi connectivity index (χ1n) is 7.33. The van der Waals surface area contributed by atoms with E-state index in [4.69, 9.17) is 23.2 Å². The van der Waals surface area contributed by atoms with Crippen LogP contribution in [0.3, 0.4) is 0 Å². The Morgan fingerprint density at radius 3 is 2.57 bits per heavy atom. The summed E-state index contributed by atoms with van der Waals surface area (Å²) in [6.45, 7) is 7.98. The first-order chi connectivity index (χ1) is 9.83. The molecule has 5 heteroatoms. The van der Waals surface area contributed by atoms with Crippen LogP contribution in [0.5, 0.6) is 0 Å². The van der Waals surface area contributed by atoms with Gasteiger partial charge in [0, 0.05) is 18.1 Å². The summed E-state index contributed by atoms with van der Waals surface area (Å²) in [6, 6.07) is 5.89. The lowest BCUT2D eigenvalue weighted by Gasteiger charge is -2.35. The molecule has 0 aromatic heterocycles. The third kappa shape index (κ3) is 5.11. The molecule has 0 bridgehead atoms. The van der Waals surface area contributed by atoms with E-state index in [9.17, 15) is 5.11 Å². The molecule has 0 radical (unpaired) electrons. The number of nitrogens with one attached hydrogen (secondary N) is 1. The Morgan fingerprint density at radius 2 is 2.00 bits per heavy atom. The van der Waals surface area contributed by atoms with E-state index in [0.29, 0.717) is 10.0 Å². The summed E-state index contributed by atoms with van der Waals surface area (Å²) < 4.78 is 0. The van der Waals surface area contributed by atoms with Crippen LogP contribution in [0.2, 0.25) is 10.0 Å². The number of likely N-dealkylation sites (N-methyl/N-ethyl adjacent to an activating group) is 1. The van der Waals surface area contributed by atoms with Crippen molar-refractivity contribution in [2.75, 3.05) is 26.7 Å². The van der Waals surface area contributed by atoms with Crippen LogP contribution < -0.4 is 5.32 Å². The highest BCUT2D eigenvalue weighted by atomic mass is 35.5. The molecule has 0 heterocycles. The van der Waals surface area contributed by atoms with Crippen LogP contribution in [0.15, 0.2) is 18.2 Å². The summed E-state index contributed by atoms with van der Waals surface area (Å²) in [6.07, 6.45) is 0.897. The smallest absolute Gasteiger partial charge is 0.0640 e. The van der Waals surface area contributed by atoms with Crippen LogP contribution in [0, 0.1) is 0 Å². The van der Waals surface area contributed by atoms with Crippen LogP contribution >= 0.6 is 23.2 Å². The predicted octanol–water partition coefficient (Wildman–Crippen LogP) is 3.74. The Balaban J connectivity index is 2.81. The van der Waals surface area contributed by atoms with E-state index in [1.165, 1.54) is 0 Å². The minimum absolute atomic E-state index is 0.132. The van der Waals surface area contributed by atoms with Crippen LogP contribution in [-0.4, -0.2) is 42.3 Å². The zero-order valence-corrected chi connectivity index (χ0v) is 14.8. The minimum atomic E-state index is -0.227.